The Bertz CT molecular complexity index is 577. The van der Waals surface area contributed by atoms with Crippen molar-refractivity contribution in [2.24, 2.45) is 0 Å². The van der Waals surface area contributed by atoms with Crippen LogP contribution in [0.2, 0.25) is 0 Å². The lowest BCUT2D eigenvalue weighted by molar-refractivity contribution is -0.145. The van der Waals surface area contributed by atoms with Crippen LogP contribution in [-0.2, 0) is 10.3 Å². The van der Waals surface area contributed by atoms with Gasteiger partial charge in [0, 0.05) is 5.69 Å². The molecule has 1 heterocycles. The Morgan fingerprint density at radius 3 is 2.39 bits per heavy atom. The van der Waals surface area contributed by atoms with Crippen LogP contribution in [0.25, 0.3) is 0 Å². The van der Waals surface area contributed by atoms with Crippen molar-refractivity contribution >= 4 is 5.97 Å². The number of carboxylic acids is 1. The molecular formula is C13H16N2O3. The van der Waals surface area contributed by atoms with E-state index in [0.717, 1.165) is 0 Å². The van der Waals surface area contributed by atoms with E-state index in [9.17, 15) is 14.7 Å². The van der Waals surface area contributed by atoms with Gasteiger partial charge in [-0.15, -0.1) is 0 Å². The fraction of sp³-hybridized carbons (Fsp3) is 0.462. The minimum absolute atomic E-state index is 0.0101. The molecule has 0 unspecified atom stereocenters. The molecule has 0 aliphatic rings. The lowest BCUT2D eigenvalue weighted by Gasteiger charge is -2.27. The number of aromatic nitrogens is 1. The summed E-state index contributed by atoms with van der Waals surface area (Å²) in [6.07, 6.45) is 0. The average molecular weight is 248 g/mol. The standard InChI is InChI=1S/C13H16N2O3/c1-8(2)10-6-5-9(7-14)11(16)15(10)13(3,4)12(17)18/h5-6,8H,1-4H3,(H,17,18). The molecule has 0 saturated heterocycles. The minimum atomic E-state index is -1.39. The Morgan fingerprint density at radius 2 is 2.00 bits per heavy atom. The summed E-state index contributed by atoms with van der Waals surface area (Å²) in [7, 11) is 0. The van der Waals surface area contributed by atoms with E-state index in [4.69, 9.17) is 5.26 Å². The van der Waals surface area contributed by atoms with Gasteiger partial charge in [0.05, 0.1) is 0 Å². The number of hydrogen-bond acceptors (Lipinski definition) is 3. The highest BCUT2D eigenvalue weighted by Crippen LogP contribution is 2.21. The lowest BCUT2D eigenvalue weighted by Crippen LogP contribution is -2.45. The molecule has 1 aromatic heterocycles. The van der Waals surface area contributed by atoms with E-state index in [1.807, 2.05) is 13.8 Å². The number of rotatable bonds is 3. The topological polar surface area (TPSA) is 83.1 Å². The molecule has 0 radical (unpaired) electrons. The van der Waals surface area contributed by atoms with E-state index in [1.54, 1.807) is 12.1 Å². The van der Waals surface area contributed by atoms with Crippen molar-refractivity contribution in [1.82, 2.24) is 4.57 Å². The van der Waals surface area contributed by atoms with Crippen molar-refractivity contribution in [2.75, 3.05) is 0 Å². The van der Waals surface area contributed by atoms with Gasteiger partial charge in [0.2, 0.25) is 0 Å². The maximum absolute atomic E-state index is 12.2. The molecule has 0 aliphatic carbocycles. The number of aliphatic carboxylic acids is 1. The van der Waals surface area contributed by atoms with E-state index in [0.29, 0.717) is 5.69 Å². The summed E-state index contributed by atoms with van der Waals surface area (Å²) in [6.45, 7) is 6.64. The highest BCUT2D eigenvalue weighted by atomic mass is 16.4. The fourth-order valence-corrected chi connectivity index (χ4v) is 1.76. The highest BCUT2D eigenvalue weighted by Gasteiger charge is 2.33. The van der Waals surface area contributed by atoms with E-state index >= 15 is 0 Å². The minimum Gasteiger partial charge on any atom is -0.480 e. The van der Waals surface area contributed by atoms with Crippen LogP contribution in [0.15, 0.2) is 16.9 Å². The van der Waals surface area contributed by atoms with Crippen molar-refractivity contribution < 1.29 is 9.90 Å². The molecule has 0 bridgehead atoms. The Kier molecular flexibility index (Phi) is 3.61. The van der Waals surface area contributed by atoms with E-state index in [-0.39, 0.29) is 11.5 Å². The first-order chi connectivity index (χ1) is 8.23. The van der Waals surface area contributed by atoms with E-state index in [1.165, 1.54) is 24.5 Å². The molecule has 1 aromatic rings. The zero-order valence-electron chi connectivity index (χ0n) is 10.9. The van der Waals surface area contributed by atoms with Crippen molar-refractivity contribution in [3.63, 3.8) is 0 Å². The monoisotopic (exact) mass is 248 g/mol. The summed E-state index contributed by atoms with van der Waals surface area (Å²) in [5.41, 5.74) is -1.39. The zero-order chi connectivity index (χ0) is 14.1. The highest BCUT2D eigenvalue weighted by molar-refractivity contribution is 5.75. The third kappa shape index (κ3) is 2.14. The first-order valence-electron chi connectivity index (χ1n) is 5.63. The maximum atomic E-state index is 12.2. The molecule has 1 N–H and O–H groups in total. The second-order valence-corrected chi connectivity index (χ2v) is 4.94. The Morgan fingerprint density at radius 1 is 1.44 bits per heavy atom. The molecule has 0 saturated carbocycles. The van der Waals surface area contributed by atoms with Crippen LogP contribution in [0.5, 0.6) is 0 Å². The van der Waals surface area contributed by atoms with Crippen LogP contribution < -0.4 is 5.56 Å². The molecule has 0 aromatic carbocycles. The Hall–Kier alpha value is -2.09. The smallest absolute Gasteiger partial charge is 0.329 e. The van der Waals surface area contributed by atoms with E-state index < -0.39 is 17.1 Å². The van der Waals surface area contributed by atoms with Crippen LogP contribution >= 0.6 is 0 Å². The van der Waals surface area contributed by atoms with E-state index in [2.05, 4.69) is 0 Å². The number of pyridine rings is 1. The molecule has 96 valence electrons. The van der Waals surface area contributed by atoms with Gasteiger partial charge in [-0.05, 0) is 31.9 Å². The van der Waals surface area contributed by atoms with Gasteiger partial charge in [-0.25, -0.2) is 4.79 Å². The summed E-state index contributed by atoms with van der Waals surface area (Å²) in [5.74, 6) is -1.12. The molecule has 18 heavy (non-hydrogen) atoms. The molecule has 5 heteroatoms. The number of hydrogen-bond donors (Lipinski definition) is 1. The molecule has 0 aliphatic heterocycles. The Labute approximate surface area is 105 Å². The second kappa shape index (κ2) is 4.65. The second-order valence-electron chi connectivity index (χ2n) is 4.94. The maximum Gasteiger partial charge on any atom is 0.329 e. The van der Waals surface area contributed by atoms with Crippen molar-refractivity contribution in [3.8, 4) is 6.07 Å². The molecule has 0 amide bonds. The lowest BCUT2D eigenvalue weighted by atomic mass is 10.00. The zero-order valence-corrected chi connectivity index (χ0v) is 10.9. The van der Waals surface area contributed by atoms with Crippen LogP contribution in [-0.4, -0.2) is 15.6 Å². The van der Waals surface area contributed by atoms with Gasteiger partial charge in [0.1, 0.15) is 17.2 Å². The third-order valence-electron chi connectivity index (χ3n) is 2.91. The Balaban J connectivity index is 3.74. The number of nitrogens with zero attached hydrogens (tertiary/aromatic N) is 2. The van der Waals surface area contributed by atoms with Crippen molar-refractivity contribution in [3.05, 3.63) is 33.7 Å². The molecule has 1 rings (SSSR count). The predicted molar refractivity (Wildman–Crippen MR) is 66.5 cm³/mol. The van der Waals surface area contributed by atoms with Crippen molar-refractivity contribution in [2.45, 2.75) is 39.2 Å². The average Bonchev–Trinajstić information content (AvgIpc) is 2.27. The summed E-state index contributed by atoms with van der Waals surface area (Å²) in [4.78, 5) is 23.5. The third-order valence-corrected chi connectivity index (χ3v) is 2.91. The van der Waals surface area contributed by atoms with Crippen molar-refractivity contribution in [1.29, 1.82) is 5.26 Å². The number of nitriles is 1. The molecule has 0 fully saturated rings. The molecular weight excluding hydrogens is 232 g/mol. The van der Waals surface area contributed by atoms with Crippen LogP contribution in [0.3, 0.4) is 0 Å². The SMILES string of the molecule is CC(C)c1ccc(C#N)c(=O)n1C(C)(C)C(=O)O. The number of carboxylic acid groups (broad SMARTS) is 1. The molecule has 5 nitrogen and oxygen atoms in total. The molecule has 0 atom stereocenters. The summed E-state index contributed by atoms with van der Waals surface area (Å²) >= 11 is 0. The quantitative estimate of drug-likeness (QED) is 0.881. The number of carbonyl (C=O) groups is 1. The van der Waals surface area contributed by atoms with Gasteiger partial charge in [0.25, 0.3) is 5.56 Å². The summed E-state index contributed by atoms with van der Waals surface area (Å²) < 4.78 is 1.19. The summed E-state index contributed by atoms with van der Waals surface area (Å²) in [5, 5.41) is 18.1. The first-order valence-corrected chi connectivity index (χ1v) is 5.63. The predicted octanol–water partition coefficient (Wildman–Crippen LogP) is 1.66. The van der Waals surface area contributed by atoms with Gasteiger partial charge >= 0.3 is 5.97 Å². The van der Waals surface area contributed by atoms with Gasteiger partial charge in [-0.2, -0.15) is 5.26 Å². The van der Waals surface area contributed by atoms with Crippen LogP contribution in [0, 0.1) is 11.3 Å². The van der Waals surface area contributed by atoms with Crippen LogP contribution in [0.4, 0.5) is 0 Å². The van der Waals surface area contributed by atoms with Gasteiger partial charge in [0.15, 0.2) is 0 Å². The normalized spacial score (nSPS) is 11.3. The molecule has 0 spiro atoms. The van der Waals surface area contributed by atoms with Crippen LogP contribution in [0.1, 0.15) is 44.9 Å². The largest absolute Gasteiger partial charge is 0.480 e. The van der Waals surface area contributed by atoms with Gasteiger partial charge < -0.3 is 5.11 Å². The summed E-state index contributed by atoms with van der Waals surface area (Å²) in [6, 6.07) is 4.86. The fourth-order valence-electron chi connectivity index (χ4n) is 1.76. The van der Waals surface area contributed by atoms with Gasteiger partial charge in [-0.3, -0.25) is 9.36 Å². The first kappa shape index (κ1) is 14.0. The van der Waals surface area contributed by atoms with Gasteiger partial charge in [-0.1, -0.05) is 13.8 Å².